The second kappa shape index (κ2) is 9.04. The van der Waals surface area contributed by atoms with Crippen LogP contribution in [0.25, 0.3) is 11.3 Å². The molecule has 0 fully saturated rings. The maximum absolute atomic E-state index is 12.3. The van der Waals surface area contributed by atoms with Crippen molar-refractivity contribution >= 4 is 15.7 Å². The molecule has 1 aromatic heterocycles. The number of fused-ring (bicyclic) bond motifs is 1. The number of aromatic nitrogens is 1. The number of nitrogens with zero attached hydrogens (tertiary/aromatic N) is 1. The molecule has 8 nitrogen and oxygen atoms in total. The molecular weight excluding hydrogens is 432 g/mol. The van der Waals surface area contributed by atoms with E-state index in [0.29, 0.717) is 36.2 Å². The van der Waals surface area contributed by atoms with Crippen LogP contribution < -0.4 is 14.8 Å². The molecule has 32 heavy (non-hydrogen) atoms. The average molecular weight is 457 g/mol. The Bertz CT molecular complexity index is 1220. The molecule has 0 spiro atoms. The molecule has 1 aliphatic heterocycles. The maximum atomic E-state index is 12.3. The van der Waals surface area contributed by atoms with E-state index >= 15 is 0 Å². The minimum absolute atomic E-state index is 0.134. The van der Waals surface area contributed by atoms with Crippen LogP contribution >= 0.6 is 0 Å². The molecule has 0 atom stereocenters. The molecular formula is C23H24N2O6S. The molecule has 168 valence electrons. The lowest BCUT2D eigenvalue weighted by Gasteiger charge is -2.18. The molecule has 2 aromatic carbocycles. The number of carbonyl (C=O) groups excluding carboxylic acids is 1. The van der Waals surface area contributed by atoms with Gasteiger partial charge in [0, 0.05) is 11.6 Å². The molecule has 9 heteroatoms. The summed E-state index contributed by atoms with van der Waals surface area (Å²) in [5.74, 6) is 1.72. The first-order valence-electron chi connectivity index (χ1n) is 10.3. The van der Waals surface area contributed by atoms with Crippen molar-refractivity contribution in [3.63, 3.8) is 0 Å². The van der Waals surface area contributed by atoms with Gasteiger partial charge in [-0.2, -0.15) is 0 Å². The number of hydrogen-bond donors (Lipinski definition) is 1. The Balaban J connectivity index is 1.34. The van der Waals surface area contributed by atoms with Crippen LogP contribution in [0.1, 0.15) is 25.1 Å². The lowest BCUT2D eigenvalue weighted by molar-refractivity contribution is -0.120. The van der Waals surface area contributed by atoms with E-state index in [4.69, 9.17) is 14.0 Å². The van der Waals surface area contributed by atoms with E-state index in [9.17, 15) is 13.2 Å². The van der Waals surface area contributed by atoms with Crippen molar-refractivity contribution < 1.29 is 27.2 Å². The summed E-state index contributed by atoms with van der Waals surface area (Å²) in [6.45, 7) is 4.52. The quantitative estimate of drug-likeness (QED) is 0.582. The fourth-order valence-corrected chi connectivity index (χ4v) is 4.29. The van der Waals surface area contributed by atoms with Crippen LogP contribution in [0.3, 0.4) is 0 Å². The van der Waals surface area contributed by atoms with E-state index in [0.717, 1.165) is 11.1 Å². The van der Waals surface area contributed by atoms with Gasteiger partial charge in [0.1, 0.15) is 18.9 Å². The number of sulfone groups is 1. The third-order valence-electron chi connectivity index (χ3n) is 5.09. The van der Waals surface area contributed by atoms with Gasteiger partial charge >= 0.3 is 0 Å². The molecule has 0 bridgehead atoms. The van der Waals surface area contributed by atoms with Crippen molar-refractivity contribution in [2.45, 2.75) is 37.0 Å². The van der Waals surface area contributed by atoms with Crippen LogP contribution in [-0.2, 0) is 27.6 Å². The first-order chi connectivity index (χ1) is 15.3. The third kappa shape index (κ3) is 4.77. The van der Waals surface area contributed by atoms with Gasteiger partial charge in [0.15, 0.2) is 27.1 Å². The van der Waals surface area contributed by atoms with Gasteiger partial charge in [-0.15, -0.1) is 0 Å². The van der Waals surface area contributed by atoms with Gasteiger partial charge in [-0.25, -0.2) is 8.42 Å². The van der Waals surface area contributed by atoms with E-state index in [1.807, 2.05) is 18.2 Å². The molecule has 0 aliphatic carbocycles. The summed E-state index contributed by atoms with van der Waals surface area (Å²) in [6, 6.07) is 13.7. The third-order valence-corrected chi connectivity index (χ3v) is 7.26. The Morgan fingerprint density at radius 2 is 1.75 bits per heavy atom. The summed E-state index contributed by atoms with van der Waals surface area (Å²) in [7, 11) is -3.33. The SMILES string of the molecule is CC(C)S(=O)(=O)c1ccc(CC(=O)NCc2cc(-c3ccc4c(c3)OCCO4)on2)cc1. The molecule has 1 aliphatic rings. The second-order valence-electron chi connectivity index (χ2n) is 7.73. The second-order valence-corrected chi connectivity index (χ2v) is 10.2. The number of hydrogen-bond acceptors (Lipinski definition) is 7. The summed E-state index contributed by atoms with van der Waals surface area (Å²) in [6.07, 6.45) is 0.134. The largest absolute Gasteiger partial charge is 0.486 e. The van der Waals surface area contributed by atoms with Gasteiger partial charge < -0.3 is 19.3 Å². The molecule has 1 amide bonds. The summed E-state index contributed by atoms with van der Waals surface area (Å²) < 4.78 is 40.9. The molecule has 0 unspecified atom stereocenters. The molecule has 0 radical (unpaired) electrons. The Labute approximate surface area is 186 Å². The van der Waals surface area contributed by atoms with Crippen molar-refractivity contribution in [1.82, 2.24) is 10.5 Å². The van der Waals surface area contributed by atoms with Gasteiger partial charge in [-0.1, -0.05) is 17.3 Å². The van der Waals surface area contributed by atoms with Gasteiger partial charge in [0.25, 0.3) is 0 Å². The Morgan fingerprint density at radius 3 is 2.47 bits per heavy atom. The summed E-state index contributed by atoms with van der Waals surface area (Å²) in [4.78, 5) is 12.6. The van der Waals surface area contributed by atoms with Crippen molar-refractivity contribution in [1.29, 1.82) is 0 Å². The zero-order valence-corrected chi connectivity index (χ0v) is 18.6. The highest BCUT2D eigenvalue weighted by Crippen LogP contribution is 2.34. The van der Waals surface area contributed by atoms with E-state index in [1.54, 1.807) is 32.0 Å². The van der Waals surface area contributed by atoms with E-state index in [2.05, 4.69) is 10.5 Å². The minimum Gasteiger partial charge on any atom is -0.486 e. The zero-order chi connectivity index (χ0) is 22.7. The van der Waals surface area contributed by atoms with E-state index in [1.165, 1.54) is 12.1 Å². The van der Waals surface area contributed by atoms with Crippen molar-refractivity contribution in [2.24, 2.45) is 0 Å². The molecule has 2 heterocycles. The number of rotatable bonds is 7. The molecule has 3 aromatic rings. The average Bonchev–Trinajstić information content (AvgIpc) is 3.27. The van der Waals surface area contributed by atoms with E-state index in [-0.39, 0.29) is 23.8 Å². The summed E-state index contributed by atoms with van der Waals surface area (Å²) in [5.41, 5.74) is 2.11. The van der Waals surface area contributed by atoms with Crippen LogP contribution in [0.15, 0.2) is 57.9 Å². The van der Waals surface area contributed by atoms with Crippen molar-refractivity contribution in [2.75, 3.05) is 13.2 Å². The predicted molar refractivity (Wildman–Crippen MR) is 117 cm³/mol. The molecule has 0 saturated heterocycles. The highest BCUT2D eigenvalue weighted by atomic mass is 32.2. The normalized spacial score (nSPS) is 13.2. The standard InChI is InChI=1S/C23H24N2O6S/c1-15(2)32(27,28)19-6-3-16(4-7-19)11-23(26)24-14-18-13-21(31-25-18)17-5-8-20-22(12-17)30-10-9-29-20/h3-8,12-13,15H,9-11,14H2,1-2H3,(H,24,26). The Morgan fingerprint density at radius 1 is 1.03 bits per heavy atom. The van der Waals surface area contributed by atoms with Crippen LogP contribution in [0, 0.1) is 0 Å². The van der Waals surface area contributed by atoms with Gasteiger partial charge in [-0.3, -0.25) is 4.79 Å². The minimum atomic E-state index is -3.33. The smallest absolute Gasteiger partial charge is 0.224 e. The lowest BCUT2D eigenvalue weighted by Crippen LogP contribution is -2.24. The predicted octanol–water partition coefficient (Wildman–Crippen LogP) is 3.15. The van der Waals surface area contributed by atoms with Gasteiger partial charge in [0.2, 0.25) is 5.91 Å². The highest BCUT2D eigenvalue weighted by molar-refractivity contribution is 7.92. The molecule has 1 N–H and O–H groups in total. The number of carbonyl (C=O) groups is 1. The topological polar surface area (TPSA) is 108 Å². The van der Waals surface area contributed by atoms with Crippen LogP contribution in [0.2, 0.25) is 0 Å². The highest BCUT2D eigenvalue weighted by Gasteiger charge is 2.19. The fraction of sp³-hybridized carbons (Fsp3) is 0.304. The lowest BCUT2D eigenvalue weighted by atomic mass is 10.1. The fourth-order valence-electron chi connectivity index (χ4n) is 3.23. The Kier molecular flexibility index (Phi) is 6.18. The first-order valence-corrected chi connectivity index (χ1v) is 11.8. The van der Waals surface area contributed by atoms with Crippen LogP contribution in [0.4, 0.5) is 0 Å². The van der Waals surface area contributed by atoms with Crippen LogP contribution in [0.5, 0.6) is 11.5 Å². The molecule has 0 saturated carbocycles. The van der Waals surface area contributed by atoms with Crippen molar-refractivity contribution in [3.8, 4) is 22.8 Å². The summed E-state index contributed by atoms with van der Waals surface area (Å²) >= 11 is 0. The number of amides is 1. The van der Waals surface area contributed by atoms with Crippen LogP contribution in [-0.4, -0.2) is 37.9 Å². The van der Waals surface area contributed by atoms with Gasteiger partial charge in [0.05, 0.1) is 23.1 Å². The van der Waals surface area contributed by atoms with E-state index < -0.39 is 15.1 Å². The Hall–Kier alpha value is -3.33. The number of benzene rings is 2. The maximum Gasteiger partial charge on any atom is 0.224 e. The molecule has 4 rings (SSSR count). The monoisotopic (exact) mass is 456 g/mol. The first kappa shape index (κ1) is 21.9. The van der Waals surface area contributed by atoms with Crippen molar-refractivity contribution in [3.05, 3.63) is 59.8 Å². The zero-order valence-electron chi connectivity index (χ0n) is 17.8. The van der Waals surface area contributed by atoms with Gasteiger partial charge in [-0.05, 0) is 49.7 Å². The number of nitrogens with one attached hydrogen (secondary N) is 1. The number of ether oxygens (including phenoxy) is 2. The summed E-state index contributed by atoms with van der Waals surface area (Å²) in [5, 5.41) is 6.32.